The Morgan fingerprint density at radius 1 is 1.19 bits per heavy atom. The highest BCUT2D eigenvalue weighted by Crippen LogP contribution is 2.30. The van der Waals surface area contributed by atoms with E-state index >= 15 is 0 Å². The van der Waals surface area contributed by atoms with Crippen LogP contribution in [0.3, 0.4) is 0 Å². The molecule has 0 radical (unpaired) electrons. The van der Waals surface area contributed by atoms with Crippen molar-refractivity contribution in [3.05, 3.63) is 76.5 Å². The molecule has 1 amide bonds. The molecule has 4 heterocycles. The zero-order valence-corrected chi connectivity index (χ0v) is 17.3. The van der Waals surface area contributed by atoms with Gasteiger partial charge < -0.3 is 15.0 Å². The molecule has 5 rings (SSSR count). The van der Waals surface area contributed by atoms with Crippen LogP contribution < -0.4 is 10.2 Å². The zero-order valence-electron chi connectivity index (χ0n) is 17.3. The molecule has 0 atom stereocenters. The number of anilines is 1. The average Bonchev–Trinajstić information content (AvgIpc) is 3.20. The van der Waals surface area contributed by atoms with Crippen LogP contribution in [0.5, 0.6) is 0 Å². The van der Waals surface area contributed by atoms with Crippen LogP contribution in [-0.2, 0) is 17.7 Å². The van der Waals surface area contributed by atoms with Gasteiger partial charge in [0.05, 0.1) is 65.8 Å². The number of pyridine rings is 2. The number of halogens is 1. The van der Waals surface area contributed by atoms with Gasteiger partial charge in [0.15, 0.2) is 0 Å². The number of nitriles is 1. The maximum Gasteiger partial charge on any atom is 0.253 e. The first-order valence-electron chi connectivity index (χ1n) is 10.4. The molecule has 0 aliphatic carbocycles. The number of hydrogen-bond acceptors (Lipinski definition) is 6. The summed E-state index contributed by atoms with van der Waals surface area (Å²) in [6.45, 7) is 3.32. The molecule has 32 heavy (non-hydrogen) atoms. The van der Waals surface area contributed by atoms with Crippen LogP contribution in [0.2, 0.25) is 0 Å². The third-order valence-corrected chi connectivity index (χ3v) is 5.77. The minimum absolute atomic E-state index is 0.147. The largest absolute Gasteiger partial charge is 0.378 e. The highest BCUT2D eigenvalue weighted by Gasteiger charge is 2.27. The predicted octanol–water partition coefficient (Wildman–Crippen LogP) is 2.83. The summed E-state index contributed by atoms with van der Waals surface area (Å²) in [5.74, 6) is -0.722. The van der Waals surface area contributed by atoms with E-state index in [-0.39, 0.29) is 23.6 Å². The van der Waals surface area contributed by atoms with Crippen molar-refractivity contribution in [1.82, 2.24) is 15.3 Å². The van der Waals surface area contributed by atoms with E-state index in [9.17, 15) is 14.4 Å². The van der Waals surface area contributed by atoms with Crippen molar-refractivity contribution in [1.29, 1.82) is 5.26 Å². The normalized spacial score (nSPS) is 15.2. The Morgan fingerprint density at radius 2 is 2.03 bits per heavy atom. The molecule has 2 aromatic heterocycles. The number of benzene rings is 1. The number of rotatable bonds is 4. The van der Waals surface area contributed by atoms with Crippen molar-refractivity contribution in [3.8, 4) is 17.3 Å². The second-order valence-corrected chi connectivity index (χ2v) is 7.73. The summed E-state index contributed by atoms with van der Waals surface area (Å²) in [7, 11) is 0. The molecular weight excluding hydrogens is 409 g/mol. The van der Waals surface area contributed by atoms with Gasteiger partial charge in [0.25, 0.3) is 5.91 Å². The fourth-order valence-electron chi connectivity index (χ4n) is 4.18. The van der Waals surface area contributed by atoms with E-state index in [4.69, 9.17) is 4.74 Å². The topological polar surface area (TPSA) is 91.1 Å². The number of hydrogen-bond donors (Lipinski definition) is 1. The van der Waals surface area contributed by atoms with E-state index in [1.54, 1.807) is 12.1 Å². The smallest absolute Gasteiger partial charge is 0.253 e. The minimum atomic E-state index is -0.521. The first kappa shape index (κ1) is 20.1. The number of morpholine rings is 1. The highest BCUT2D eigenvalue weighted by molar-refractivity contribution is 5.99. The van der Waals surface area contributed by atoms with E-state index in [2.05, 4.69) is 20.2 Å². The van der Waals surface area contributed by atoms with Gasteiger partial charge in [-0.25, -0.2) is 9.37 Å². The van der Waals surface area contributed by atoms with Gasteiger partial charge in [0.2, 0.25) is 0 Å². The van der Waals surface area contributed by atoms with Crippen LogP contribution in [0.1, 0.15) is 32.9 Å². The zero-order chi connectivity index (χ0) is 22.1. The molecule has 1 aromatic carbocycles. The van der Waals surface area contributed by atoms with Gasteiger partial charge in [-0.05, 0) is 35.9 Å². The molecular formula is C24H20FN5O2. The van der Waals surface area contributed by atoms with Gasteiger partial charge in [-0.15, -0.1) is 0 Å². The minimum Gasteiger partial charge on any atom is -0.378 e. The highest BCUT2D eigenvalue weighted by atomic mass is 19.1. The Bertz CT molecular complexity index is 1230. The first-order valence-corrected chi connectivity index (χ1v) is 10.4. The number of fused-ring (bicyclic) bond motifs is 1. The SMILES string of the molecule is N#Cc1cccc(F)c1-c1cc(Cc2ccc(N3CCOCC3)cn2)c2c(n1)CNC2=O. The van der Waals surface area contributed by atoms with E-state index in [1.165, 1.54) is 12.1 Å². The molecule has 0 saturated carbocycles. The second-order valence-electron chi connectivity index (χ2n) is 7.73. The van der Waals surface area contributed by atoms with Crippen molar-refractivity contribution >= 4 is 11.6 Å². The summed E-state index contributed by atoms with van der Waals surface area (Å²) >= 11 is 0. The molecule has 2 aliphatic rings. The lowest BCUT2D eigenvalue weighted by atomic mass is 9.97. The number of carbonyl (C=O) groups excluding carboxylic acids is 1. The maximum atomic E-state index is 14.6. The van der Waals surface area contributed by atoms with Crippen LogP contribution in [0.4, 0.5) is 10.1 Å². The molecule has 2 aliphatic heterocycles. The van der Waals surface area contributed by atoms with Crippen LogP contribution in [0.25, 0.3) is 11.3 Å². The van der Waals surface area contributed by atoms with E-state index in [0.717, 1.165) is 24.5 Å². The number of ether oxygens (including phenoxy) is 1. The lowest BCUT2D eigenvalue weighted by Crippen LogP contribution is -2.36. The summed E-state index contributed by atoms with van der Waals surface area (Å²) in [6, 6.07) is 12.0. The lowest BCUT2D eigenvalue weighted by molar-refractivity contribution is 0.0965. The van der Waals surface area contributed by atoms with Gasteiger partial charge in [-0.1, -0.05) is 6.07 Å². The van der Waals surface area contributed by atoms with Crippen LogP contribution in [-0.4, -0.2) is 42.2 Å². The van der Waals surface area contributed by atoms with Crippen molar-refractivity contribution in [2.24, 2.45) is 0 Å². The van der Waals surface area contributed by atoms with E-state index < -0.39 is 5.82 Å². The molecule has 0 spiro atoms. The third-order valence-electron chi connectivity index (χ3n) is 5.77. The van der Waals surface area contributed by atoms with Crippen LogP contribution >= 0.6 is 0 Å². The Morgan fingerprint density at radius 3 is 2.78 bits per heavy atom. The van der Waals surface area contributed by atoms with Gasteiger partial charge >= 0.3 is 0 Å². The molecule has 160 valence electrons. The molecule has 0 unspecified atom stereocenters. The second kappa shape index (κ2) is 8.36. The fraction of sp³-hybridized carbons (Fsp3) is 0.250. The number of carbonyl (C=O) groups is 1. The molecule has 1 fully saturated rings. The number of nitrogens with one attached hydrogen (secondary N) is 1. The van der Waals surface area contributed by atoms with Gasteiger partial charge in [-0.2, -0.15) is 5.26 Å². The Balaban J connectivity index is 1.52. The van der Waals surface area contributed by atoms with Crippen molar-refractivity contribution in [3.63, 3.8) is 0 Å². The molecule has 0 bridgehead atoms. The summed E-state index contributed by atoms with van der Waals surface area (Å²) in [5.41, 5.74) is 4.27. The fourth-order valence-corrected chi connectivity index (χ4v) is 4.18. The third kappa shape index (κ3) is 3.67. The molecule has 3 aromatic rings. The quantitative estimate of drug-likeness (QED) is 0.686. The predicted molar refractivity (Wildman–Crippen MR) is 116 cm³/mol. The van der Waals surface area contributed by atoms with Gasteiger partial charge in [-0.3, -0.25) is 9.78 Å². The summed E-state index contributed by atoms with van der Waals surface area (Å²) in [6.07, 6.45) is 2.22. The van der Waals surface area contributed by atoms with E-state index in [1.807, 2.05) is 24.4 Å². The van der Waals surface area contributed by atoms with Crippen molar-refractivity contribution < 1.29 is 13.9 Å². The number of amides is 1. The Hall–Kier alpha value is -3.83. The van der Waals surface area contributed by atoms with Crippen molar-refractivity contribution in [2.45, 2.75) is 13.0 Å². The molecule has 8 heteroatoms. The number of nitrogens with zero attached hydrogens (tertiary/aromatic N) is 4. The summed E-state index contributed by atoms with van der Waals surface area (Å²) in [5, 5.41) is 12.2. The van der Waals surface area contributed by atoms with Gasteiger partial charge in [0, 0.05) is 25.2 Å². The molecule has 1 N–H and O–H groups in total. The Labute approximate surface area is 184 Å². The average molecular weight is 429 g/mol. The van der Waals surface area contributed by atoms with E-state index in [0.29, 0.717) is 42.1 Å². The summed E-state index contributed by atoms with van der Waals surface area (Å²) in [4.78, 5) is 23.8. The Kier molecular flexibility index (Phi) is 5.25. The van der Waals surface area contributed by atoms with Crippen LogP contribution in [0.15, 0.2) is 42.6 Å². The standard InChI is InChI=1S/C24H20FN5O2/c25-19-3-1-2-15(12-26)22(19)20-11-16(23-21(29-20)14-28-24(23)31)10-17-4-5-18(13-27-17)30-6-8-32-9-7-30/h1-5,11,13H,6-10,14H2,(H,28,31). The van der Waals surface area contributed by atoms with Gasteiger partial charge in [0.1, 0.15) is 5.82 Å². The monoisotopic (exact) mass is 429 g/mol. The lowest BCUT2D eigenvalue weighted by Gasteiger charge is -2.28. The maximum absolute atomic E-state index is 14.6. The van der Waals surface area contributed by atoms with Crippen LogP contribution in [0, 0.1) is 17.1 Å². The first-order chi connectivity index (χ1) is 15.6. The number of aromatic nitrogens is 2. The molecule has 7 nitrogen and oxygen atoms in total. The summed E-state index contributed by atoms with van der Waals surface area (Å²) < 4.78 is 20.0. The van der Waals surface area contributed by atoms with Crippen molar-refractivity contribution in [2.75, 3.05) is 31.2 Å². The molecule has 1 saturated heterocycles.